The predicted molar refractivity (Wildman–Crippen MR) is 124 cm³/mol. The summed E-state index contributed by atoms with van der Waals surface area (Å²) in [6.45, 7) is 7.01. The van der Waals surface area contributed by atoms with Crippen LogP contribution in [0.4, 0.5) is 8.78 Å². The summed E-state index contributed by atoms with van der Waals surface area (Å²) in [5.41, 5.74) is -0.387. The molecule has 182 valence electrons. The van der Waals surface area contributed by atoms with E-state index < -0.39 is 17.2 Å². The number of benzene rings is 2. The Kier molecular flexibility index (Phi) is 7.87. The first kappa shape index (κ1) is 24.3. The van der Waals surface area contributed by atoms with Crippen molar-refractivity contribution in [3.8, 4) is 5.75 Å². The number of aromatic nitrogens is 3. The van der Waals surface area contributed by atoms with Gasteiger partial charge in [0.2, 0.25) is 0 Å². The molecule has 0 spiro atoms. The van der Waals surface area contributed by atoms with Gasteiger partial charge in [-0.1, -0.05) is 24.3 Å². The van der Waals surface area contributed by atoms with Crippen molar-refractivity contribution in [1.29, 1.82) is 0 Å². The minimum absolute atomic E-state index is 0.0198. The van der Waals surface area contributed by atoms with E-state index >= 15 is 0 Å². The van der Waals surface area contributed by atoms with E-state index in [2.05, 4.69) is 19.9 Å². The number of rotatable bonds is 10. The van der Waals surface area contributed by atoms with Crippen LogP contribution in [0.1, 0.15) is 17.5 Å². The zero-order chi connectivity index (χ0) is 24.0. The van der Waals surface area contributed by atoms with Crippen LogP contribution in [0.15, 0.2) is 55.1 Å². The van der Waals surface area contributed by atoms with E-state index in [0.717, 1.165) is 56.5 Å². The van der Waals surface area contributed by atoms with E-state index in [0.29, 0.717) is 6.61 Å². The molecule has 0 radical (unpaired) electrons. The fourth-order valence-electron chi connectivity index (χ4n) is 4.40. The molecule has 1 aromatic heterocycles. The number of piperazine rings is 1. The Bertz CT molecular complexity index is 1060. The van der Waals surface area contributed by atoms with Gasteiger partial charge in [-0.2, -0.15) is 5.10 Å². The van der Waals surface area contributed by atoms with Crippen LogP contribution in [-0.4, -0.2) is 75.5 Å². The summed E-state index contributed by atoms with van der Waals surface area (Å²) in [6.07, 6.45) is 3.76. The molecule has 7 nitrogen and oxygen atoms in total. The number of para-hydroxylation sites is 1. The van der Waals surface area contributed by atoms with E-state index in [-0.39, 0.29) is 18.7 Å². The summed E-state index contributed by atoms with van der Waals surface area (Å²) in [7, 11) is 0. The van der Waals surface area contributed by atoms with Crippen molar-refractivity contribution >= 4 is 0 Å². The third kappa shape index (κ3) is 6.16. The molecule has 1 atom stereocenters. The van der Waals surface area contributed by atoms with Gasteiger partial charge in [-0.05, 0) is 31.0 Å². The summed E-state index contributed by atoms with van der Waals surface area (Å²) in [4.78, 5) is 8.39. The maximum absolute atomic E-state index is 14.6. The number of β-amino-alcohol motifs (C(OH)–C–C–N with tert-alkyl or cyclic N) is 1. The molecule has 1 saturated heterocycles. The normalized spacial score (nSPS) is 16.9. The first-order chi connectivity index (χ1) is 16.4. The molecule has 1 aliphatic rings. The minimum atomic E-state index is -1.57. The van der Waals surface area contributed by atoms with Crippen molar-refractivity contribution in [2.45, 2.75) is 25.5 Å². The zero-order valence-corrected chi connectivity index (χ0v) is 19.4. The third-order valence-electron chi connectivity index (χ3n) is 6.24. The third-order valence-corrected chi connectivity index (χ3v) is 6.24. The Labute approximate surface area is 198 Å². The molecule has 1 N–H and O–H groups in total. The van der Waals surface area contributed by atoms with Crippen LogP contribution >= 0.6 is 0 Å². The number of halogens is 2. The van der Waals surface area contributed by atoms with Gasteiger partial charge in [0, 0.05) is 50.9 Å². The van der Waals surface area contributed by atoms with E-state index in [1.165, 1.54) is 29.5 Å². The van der Waals surface area contributed by atoms with Crippen molar-refractivity contribution in [2.24, 2.45) is 0 Å². The fraction of sp³-hybridized carbons (Fsp3) is 0.440. The smallest absolute Gasteiger partial charge is 0.137 e. The Morgan fingerprint density at radius 1 is 1.03 bits per heavy atom. The lowest BCUT2D eigenvalue weighted by Crippen LogP contribution is -2.52. The van der Waals surface area contributed by atoms with Gasteiger partial charge in [-0.15, -0.1) is 0 Å². The van der Waals surface area contributed by atoms with Crippen molar-refractivity contribution in [3.05, 3.63) is 77.9 Å². The zero-order valence-electron chi connectivity index (χ0n) is 19.4. The van der Waals surface area contributed by atoms with Gasteiger partial charge in [-0.25, -0.2) is 18.4 Å². The second kappa shape index (κ2) is 11.0. The van der Waals surface area contributed by atoms with Gasteiger partial charge in [0.25, 0.3) is 0 Å². The number of hydrogen-bond donors (Lipinski definition) is 1. The average Bonchev–Trinajstić information content (AvgIpc) is 3.31. The maximum Gasteiger partial charge on any atom is 0.137 e. The molecular weight excluding hydrogens is 440 g/mol. The van der Waals surface area contributed by atoms with Crippen molar-refractivity contribution in [1.82, 2.24) is 24.6 Å². The van der Waals surface area contributed by atoms with Gasteiger partial charge < -0.3 is 14.7 Å². The lowest BCUT2D eigenvalue weighted by atomic mass is 9.92. The molecule has 2 aromatic carbocycles. The Hall–Kier alpha value is -2.88. The summed E-state index contributed by atoms with van der Waals surface area (Å²) < 4.78 is 35.5. The van der Waals surface area contributed by atoms with Crippen LogP contribution in [0, 0.1) is 18.6 Å². The van der Waals surface area contributed by atoms with E-state index in [1.54, 1.807) is 0 Å². The molecule has 1 fully saturated rings. The second-order valence-electron chi connectivity index (χ2n) is 8.83. The number of aryl methyl sites for hydroxylation is 1. The highest BCUT2D eigenvalue weighted by Crippen LogP contribution is 2.28. The highest BCUT2D eigenvalue weighted by molar-refractivity contribution is 5.31. The second-order valence-corrected chi connectivity index (χ2v) is 8.83. The van der Waals surface area contributed by atoms with Crippen LogP contribution in [0.3, 0.4) is 0 Å². The molecule has 1 unspecified atom stereocenters. The Morgan fingerprint density at radius 2 is 1.79 bits per heavy atom. The molecule has 34 heavy (non-hydrogen) atoms. The number of aliphatic hydroxyl groups is 1. The van der Waals surface area contributed by atoms with E-state index in [9.17, 15) is 13.9 Å². The molecule has 0 bridgehead atoms. The summed E-state index contributed by atoms with van der Waals surface area (Å²) in [5, 5.41) is 15.6. The minimum Gasteiger partial charge on any atom is -0.493 e. The van der Waals surface area contributed by atoms with Crippen molar-refractivity contribution in [3.63, 3.8) is 0 Å². The first-order valence-electron chi connectivity index (χ1n) is 11.6. The molecule has 2 heterocycles. The Morgan fingerprint density at radius 3 is 2.50 bits per heavy atom. The van der Waals surface area contributed by atoms with E-state index in [1.807, 2.05) is 31.2 Å². The highest BCUT2D eigenvalue weighted by Gasteiger charge is 2.36. The highest BCUT2D eigenvalue weighted by atomic mass is 19.1. The molecule has 3 aromatic rings. The lowest BCUT2D eigenvalue weighted by Gasteiger charge is -2.39. The Balaban J connectivity index is 1.31. The van der Waals surface area contributed by atoms with Crippen molar-refractivity contribution in [2.75, 3.05) is 45.9 Å². The van der Waals surface area contributed by atoms with Crippen LogP contribution in [0.5, 0.6) is 5.75 Å². The molecule has 0 amide bonds. The standard InChI is InChI=1S/C25H31F2N5O2/c1-20-5-2-3-6-24(20)34-14-4-9-30-10-12-31(13-11-30)16-25(33,17-32-19-28-18-29-32)22-8-7-21(26)15-23(22)27/h2-3,5-8,15,18-19,33H,4,9-14,16-17H2,1H3. The van der Waals surface area contributed by atoms with Gasteiger partial charge in [0.15, 0.2) is 0 Å². The SMILES string of the molecule is Cc1ccccc1OCCCN1CCN(CC(O)(Cn2cncn2)c2ccc(F)cc2F)CC1. The summed E-state index contributed by atoms with van der Waals surface area (Å²) in [6, 6.07) is 11.3. The van der Waals surface area contributed by atoms with Gasteiger partial charge in [0.1, 0.15) is 35.6 Å². The number of ether oxygens (including phenoxy) is 1. The topological polar surface area (TPSA) is 66.7 Å². The molecule has 9 heteroatoms. The van der Waals surface area contributed by atoms with Crippen LogP contribution in [-0.2, 0) is 12.1 Å². The molecule has 0 saturated carbocycles. The van der Waals surface area contributed by atoms with Crippen molar-refractivity contribution < 1.29 is 18.6 Å². The lowest BCUT2D eigenvalue weighted by molar-refractivity contribution is -0.0320. The number of nitrogens with zero attached hydrogens (tertiary/aromatic N) is 5. The maximum atomic E-state index is 14.6. The summed E-state index contributed by atoms with van der Waals surface area (Å²) >= 11 is 0. The summed E-state index contributed by atoms with van der Waals surface area (Å²) in [5.74, 6) is -0.522. The fourth-order valence-corrected chi connectivity index (χ4v) is 4.40. The van der Waals surface area contributed by atoms with Gasteiger partial charge in [-0.3, -0.25) is 4.90 Å². The molecule has 0 aliphatic carbocycles. The largest absolute Gasteiger partial charge is 0.493 e. The van der Waals surface area contributed by atoms with Crippen LogP contribution < -0.4 is 4.74 Å². The predicted octanol–water partition coefficient (Wildman–Crippen LogP) is 2.84. The quantitative estimate of drug-likeness (QED) is 0.459. The molecular formula is C25H31F2N5O2. The van der Waals surface area contributed by atoms with Crippen LogP contribution in [0.2, 0.25) is 0 Å². The molecule has 1 aliphatic heterocycles. The van der Waals surface area contributed by atoms with E-state index in [4.69, 9.17) is 4.74 Å². The monoisotopic (exact) mass is 471 g/mol. The first-order valence-corrected chi connectivity index (χ1v) is 11.6. The van der Waals surface area contributed by atoms with Crippen LogP contribution in [0.25, 0.3) is 0 Å². The molecule has 4 rings (SSSR count). The van der Waals surface area contributed by atoms with Gasteiger partial charge >= 0.3 is 0 Å². The number of hydrogen-bond acceptors (Lipinski definition) is 6. The van der Waals surface area contributed by atoms with Gasteiger partial charge in [0.05, 0.1) is 13.2 Å². The average molecular weight is 472 g/mol.